The van der Waals surface area contributed by atoms with Gasteiger partial charge in [-0.05, 0) is 56.4 Å². The molecule has 2 aromatic carbocycles. The van der Waals surface area contributed by atoms with Gasteiger partial charge in [0.2, 0.25) is 0 Å². The van der Waals surface area contributed by atoms with Crippen LogP contribution in [0.5, 0.6) is 5.75 Å². The summed E-state index contributed by atoms with van der Waals surface area (Å²) in [6.07, 6.45) is 0. The number of likely N-dealkylation sites (N-methyl/N-ethyl adjacent to an activating group) is 1. The Morgan fingerprint density at radius 3 is 2.50 bits per heavy atom. The minimum absolute atomic E-state index is 0.147. The Balaban J connectivity index is 2.06. The molecule has 0 radical (unpaired) electrons. The largest absolute Gasteiger partial charge is 0.497 e. The maximum atomic E-state index is 6.03. The van der Waals surface area contributed by atoms with E-state index < -0.39 is 0 Å². The molecule has 24 heavy (non-hydrogen) atoms. The number of aryl methyl sites for hydroxylation is 1. The molecule has 1 atom stereocenters. The second kappa shape index (κ2) is 8.36. The van der Waals surface area contributed by atoms with Crippen molar-refractivity contribution in [1.82, 2.24) is 4.90 Å². The molecule has 0 amide bonds. The quantitative estimate of drug-likeness (QED) is 0.633. The number of rotatable bonds is 6. The monoisotopic (exact) mass is 326 g/mol. The van der Waals surface area contributed by atoms with Gasteiger partial charge in [-0.25, -0.2) is 0 Å². The third-order valence-electron chi connectivity index (χ3n) is 3.85. The van der Waals surface area contributed by atoms with E-state index in [2.05, 4.69) is 27.3 Å². The Morgan fingerprint density at radius 2 is 1.92 bits per heavy atom. The number of hydrogen-bond acceptors (Lipinski definition) is 3. The topological polar surface area (TPSA) is 62.9 Å². The van der Waals surface area contributed by atoms with E-state index in [9.17, 15) is 0 Å². The van der Waals surface area contributed by atoms with Crippen LogP contribution < -0.4 is 15.8 Å². The number of benzene rings is 2. The van der Waals surface area contributed by atoms with Gasteiger partial charge in [-0.2, -0.15) is 0 Å². The maximum Gasteiger partial charge on any atom is 0.193 e. The fourth-order valence-electron chi connectivity index (χ4n) is 2.49. The lowest BCUT2D eigenvalue weighted by Crippen LogP contribution is -2.27. The van der Waals surface area contributed by atoms with Crippen LogP contribution in [0, 0.1) is 6.92 Å². The van der Waals surface area contributed by atoms with Crippen molar-refractivity contribution in [3.63, 3.8) is 0 Å². The molecule has 0 aliphatic heterocycles. The summed E-state index contributed by atoms with van der Waals surface area (Å²) in [6.45, 7) is 2.62. The molecule has 2 rings (SSSR count). The lowest BCUT2D eigenvalue weighted by atomic mass is 10.1. The molecule has 5 nitrogen and oxygen atoms in total. The fourth-order valence-corrected chi connectivity index (χ4v) is 2.49. The second-order valence-electron chi connectivity index (χ2n) is 5.97. The van der Waals surface area contributed by atoms with E-state index in [1.54, 1.807) is 7.11 Å². The van der Waals surface area contributed by atoms with Crippen LogP contribution in [0.4, 0.5) is 5.69 Å². The zero-order chi connectivity index (χ0) is 17.5. The van der Waals surface area contributed by atoms with Crippen molar-refractivity contribution in [3.8, 4) is 5.75 Å². The van der Waals surface area contributed by atoms with Crippen molar-refractivity contribution in [3.05, 3.63) is 59.7 Å². The van der Waals surface area contributed by atoms with Gasteiger partial charge >= 0.3 is 0 Å². The summed E-state index contributed by atoms with van der Waals surface area (Å²) in [4.78, 5) is 6.63. The minimum Gasteiger partial charge on any atom is -0.497 e. The van der Waals surface area contributed by atoms with Crippen molar-refractivity contribution < 1.29 is 4.74 Å². The molecule has 0 saturated heterocycles. The van der Waals surface area contributed by atoms with Gasteiger partial charge in [0, 0.05) is 5.69 Å². The first kappa shape index (κ1) is 17.8. The van der Waals surface area contributed by atoms with Gasteiger partial charge in [-0.15, -0.1) is 0 Å². The van der Waals surface area contributed by atoms with Crippen molar-refractivity contribution in [2.75, 3.05) is 33.1 Å². The van der Waals surface area contributed by atoms with E-state index in [0.717, 1.165) is 11.4 Å². The highest BCUT2D eigenvalue weighted by molar-refractivity contribution is 5.92. The summed E-state index contributed by atoms with van der Waals surface area (Å²) in [6, 6.07) is 16.2. The third kappa shape index (κ3) is 4.99. The van der Waals surface area contributed by atoms with Crippen LogP contribution >= 0.6 is 0 Å². The summed E-state index contributed by atoms with van der Waals surface area (Å²) in [7, 11) is 5.74. The maximum absolute atomic E-state index is 6.03. The number of guanidine groups is 1. The molecule has 128 valence electrons. The first-order valence-electron chi connectivity index (χ1n) is 7.93. The molecule has 5 heteroatoms. The number of nitrogens with two attached hydrogens (primary N) is 1. The highest BCUT2D eigenvalue weighted by Gasteiger charge is 2.14. The molecule has 0 saturated carbocycles. The summed E-state index contributed by atoms with van der Waals surface area (Å²) in [5.41, 5.74) is 9.33. The zero-order valence-corrected chi connectivity index (χ0v) is 14.8. The number of nitrogens with zero attached hydrogens (tertiary/aromatic N) is 2. The molecular formula is C19H26N4O. The van der Waals surface area contributed by atoms with Gasteiger partial charge in [0.25, 0.3) is 0 Å². The molecular weight excluding hydrogens is 300 g/mol. The van der Waals surface area contributed by atoms with Crippen LogP contribution in [-0.4, -0.2) is 38.6 Å². The van der Waals surface area contributed by atoms with E-state index in [-0.39, 0.29) is 6.04 Å². The lowest BCUT2D eigenvalue weighted by Gasteiger charge is -2.23. The molecule has 0 heterocycles. The van der Waals surface area contributed by atoms with Gasteiger partial charge in [0.05, 0.1) is 19.7 Å². The highest BCUT2D eigenvalue weighted by atomic mass is 16.5. The van der Waals surface area contributed by atoms with Crippen LogP contribution in [0.3, 0.4) is 0 Å². The summed E-state index contributed by atoms with van der Waals surface area (Å²) >= 11 is 0. The normalized spacial score (nSPS) is 13.0. The summed E-state index contributed by atoms with van der Waals surface area (Å²) < 4.78 is 5.21. The second-order valence-corrected chi connectivity index (χ2v) is 5.97. The summed E-state index contributed by atoms with van der Waals surface area (Å²) in [5, 5.41) is 3.14. The van der Waals surface area contributed by atoms with Crippen molar-refractivity contribution in [2.24, 2.45) is 10.7 Å². The van der Waals surface area contributed by atoms with Crippen molar-refractivity contribution in [2.45, 2.75) is 13.0 Å². The molecule has 0 aliphatic rings. The van der Waals surface area contributed by atoms with Gasteiger partial charge in [-0.1, -0.05) is 24.3 Å². The predicted octanol–water partition coefficient (Wildman–Crippen LogP) is 3.03. The molecule has 0 aromatic heterocycles. The average Bonchev–Trinajstić information content (AvgIpc) is 2.55. The molecule has 0 bridgehead atoms. The van der Waals surface area contributed by atoms with Crippen molar-refractivity contribution >= 4 is 11.6 Å². The van der Waals surface area contributed by atoms with E-state index in [1.165, 1.54) is 11.1 Å². The minimum atomic E-state index is 0.147. The van der Waals surface area contributed by atoms with Gasteiger partial charge in [-0.3, -0.25) is 4.99 Å². The van der Waals surface area contributed by atoms with Crippen molar-refractivity contribution in [1.29, 1.82) is 0 Å². The van der Waals surface area contributed by atoms with Crippen LogP contribution in [0.15, 0.2) is 53.5 Å². The molecule has 2 aromatic rings. The molecule has 1 unspecified atom stereocenters. The highest BCUT2D eigenvalue weighted by Crippen LogP contribution is 2.21. The Labute approximate surface area is 144 Å². The Hall–Kier alpha value is -2.53. The average molecular weight is 326 g/mol. The molecule has 3 N–H and O–H groups in total. The number of methoxy groups -OCH3 is 1. The number of anilines is 1. The molecule has 0 fully saturated rings. The summed E-state index contributed by atoms with van der Waals surface area (Å²) in [5.74, 6) is 1.27. The SMILES string of the molecule is COc1ccc(C(CN=C(N)Nc2cccc(C)c2)N(C)C)cc1. The standard InChI is InChI=1S/C19H26N4O/c1-14-6-5-7-16(12-14)22-19(20)21-13-18(23(2)3)15-8-10-17(24-4)11-9-15/h5-12,18H,13H2,1-4H3,(H3,20,21,22). The first-order valence-corrected chi connectivity index (χ1v) is 7.93. The van der Waals surface area contributed by atoms with E-state index in [4.69, 9.17) is 10.5 Å². The third-order valence-corrected chi connectivity index (χ3v) is 3.85. The smallest absolute Gasteiger partial charge is 0.193 e. The first-order chi connectivity index (χ1) is 11.5. The zero-order valence-electron chi connectivity index (χ0n) is 14.8. The Kier molecular flexibility index (Phi) is 6.21. The van der Waals surface area contributed by atoms with E-state index in [1.807, 2.05) is 57.4 Å². The van der Waals surface area contributed by atoms with Crippen LogP contribution in [0.2, 0.25) is 0 Å². The van der Waals surface area contributed by atoms with Gasteiger partial charge in [0.15, 0.2) is 5.96 Å². The lowest BCUT2D eigenvalue weighted by molar-refractivity contribution is 0.306. The molecule has 0 spiro atoms. The number of aliphatic imine (C=N–C) groups is 1. The van der Waals surface area contributed by atoms with E-state index >= 15 is 0 Å². The fraction of sp³-hybridized carbons (Fsp3) is 0.316. The van der Waals surface area contributed by atoms with Crippen LogP contribution in [0.25, 0.3) is 0 Å². The number of hydrogen-bond donors (Lipinski definition) is 2. The molecule has 0 aliphatic carbocycles. The number of ether oxygens (including phenoxy) is 1. The predicted molar refractivity (Wildman–Crippen MR) is 101 cm³/mol. The Bertz CT molecular complexity index is 680. The van der Waals surface area contributed by atoms with Crippen LogP contribution in [-0.2, 0) is 0 Å². The van der Waals surface area contributed by atoms with Gasteiger partial charge < -0.3 is 20.7 Å². The van der Waals surface area contributed by atoms with Crippen LogP contribution in [0.1, 0.15) is 17.2 Å². The Morgan fingerprint density at radius 1 is 1.21 bits per heavy atom. The number of nitrogens with one attached hydrogen (secondary N) is 1. The van der Waals surface area contributed by atoms with Gasteiger partial charge in [0.1, 0.15) is 5.75 Å². The van der Waals surface area contributed by atoms with E-state index in [0.29, 0.717) is 12.5 Å².